The number of hydrogen-bond donors (Lipinski definition) is 1. The van der Waals surface area contributed by atoms with E-state index in [2.05, 4.69) is 20.9 Å². The maximum atomic E-state index is 12.6. The molecule has 0 radical (unpaired) electrons. The molecule has 0 amide bonds. The van der Waals surface area contributed by atoms with Crippen molar-refractivity contribution in [2.75, 3.05) is 0 Å². The van der Waals surface area contributed by atoms with Crippen LogP contribution in [0.5, 0.6) is 0 Å². The minimum atomic E-state index is -0.417. The van der Waals surface area contributed by atoms with E-state index in [0.717, 1.165) is 14.9 Å². The van der Waals surface area contributed by atoms with Crippen molar-refractivity contribution in [3.63, 3.8) is 0 Å². The molecule has 0 saturated heterocycles. The van der Waals surface area contributed by atoms with E-state index in [4.69, 9.17) is 0 Å². The van der Waals surface area contributed by atoms with Crippen LogP contribution in [0.2, 0.25) is 0 Å². The SMILES string of the molecule is Cc1ccc(-n2c(=O)[nH]c3sc(Br)c(C)c3c2=O)cc1. The van der Waals surface area contributed by atoms with Gasteiger partial charge in [-0.05, 0) is 47.5 Å². The van der Waals surface area contributed by atoms with Crippen molar-refractivity contribution in [1.82, 2.24) is 9.55 Å². The van der Waals surface area contributed by atoms with Crippen LogP contribution in [0.4, 0.5) is 0 Å². The lowest BCUT2D eigenvalue weighted by molar-refractivity contribution is 0.903. The lowest BCUT2D eigenvalue weighted by Gasteiger charge is -2.05. The maximum absolute atomic E-state index is 12.6. The van der Waals surface area contributed by atoms with Crippen LogP contribution in [0, 0.1) is 13.8 Å². The second kappa shape index (κ2) is 4.71. The monoisotopic (exact) mass is 350 g/mol. The fourth-order valence-corrected chi connectivity index (χ4v) is 3.72. The van der Waals surface area contributed by atoms with E-state index in [1.165, 1.54) is 15.9 Å². The summed E-state index contributed by atoms with van der Waals surface area (Å²) in [5.41, 5.74) is 1.80. The molecule has 0 aliphatic carbocycles. The highest BCUT2D eigenvalue weighted by atomic mass is 79.9. The molecule has 3 aromatic rings. The van der Waals surface area contributed by atoms with E-state index >= 15 is 0 Å². The standard InChI is InChI=1S/C14H11BrN2O2S/c1-7-3-5-9(6-4-7)17-13(18)10-8(2)11(15)20-12(10)16-14(17)19/h3-6H,1-2H3,(H,16,19). The van der Waals surface area contributed by atoms with Crippen LogP contribution in [0.15, 0.2) is 37.6 Å². The zero-order valence-corrected chi connectivity index (χ0v) is 13.3. The van der Waals surface area contributed by atoms with Gasteiger partial charge in [0.25, 0.3) is 5.56 Å². The number of hydrogen-bond acceptors (Lipinski definition) is 3. The number of fused-ring (bicyclic) bond motifs is 1. The lowest BCUT2D eigenvalue weighted by Crippen LogP contribution is -2.33. The van der Waals surface area contributed by atoms with Gasteiger partial charge in [0.15, 0.2) is 0 Å². The second-order valence-electron chi connectivity index (χ2n) is 4.61. The van der Waals surface area contributed by atoms with E-state index < -0.39 is 5.69 Å². The molecule has 2 heterocycles. The summed E-state index contributed by atoms with van der Waals surface area (Å²) >= 11 is 4.77. The summed E-state index contributed by atoms with van der Waals surface area (Å²) in [5, 5.41) is 0.557. The third-order valence-electron chi connectivity index (χ3n) is 3.22. The molecule has 0 atom stereocenters. The zero-order chi connectivity index (χ0) is 14.4. The number of thiophene rings is 1. The number of aromatic nitrogens is 2. The van der Waals surface area contributed by atoms with Gasteiger partial charge < -0.3 is 0 Å². The van der Waals surface area contributed by atoms with Crippen molar-refractivity contribution in [2.45, 2.75) is 13.8 Å². The third kappa shape index (κ3) is 1.96. The van der Waals surface area contributed by atoms with Crippen LogP contribution in [0.1, 0.15) is 11.1 Å². The summed E-state index contributed by atoms with van der Waals surface area (Å²) in [6.45, 7) is 3.82. The molecule has 102 valence electrons. The number of H-pyrrole nitrogens is 1. The molecule has 20 heavy (non-hydrogen) atoms. The van der Waals surface area contributed by atoms with Crippen molar-refractivity contribution in [3.8, 4) is 5.69 Å². The predicted molar refractivity (Wildman–Crippen MR) is 85.2 cm³/mol. The highest BCUT2D eigenvalue weighted by Crippen LogP contribution is 2.30. The molecular weight excluding hydrogens is 340 g/mol. The number of benzene rings is 1. The van der Waals surface area contributed by atoms with Crippen LogP contribution in [-0.4, -0.2) is 9.55 Å². The Morgan fingerprint density at radius 2 is 1.80 bits per heavy atom. The van der Waals surface area contributed by atoms with Crippen LogP contribution in [0.3, 0.4) is 0 Å². The molecule has 0 spiro atoms. The first-order valence-corrected chi connectivity index (χ1v) is 7.61. The Labute approximate surface area is 126 Å². The molecule has 4 nitrogen and oxygen atoms in total. The van der Waals surface area contributed by atoms with Crippen molar-refractivity contribution in [3.05, 3.63) is 60.0 Å². The van der Waals surface area contributed by atoms with Gasteiger partial charge in [0.1, 0.15) is 4.83 Å². The molecule has 0 aliphatic rings. The molecule has 3 rings (SSSR count). The van der Waals surface area contributed by atoms with Crippen molar-refractivity contribution in [1.29, 1.82) is 0 Å². The van der Waals surface area contributed by atoms with Gasteiger partial charge in [-0.15, -0.1) is 11.3 Å². The Kier molecular flexibility index (Phi) is 3.14. The third-order valence-corrected chi connectivity index (χ3v) is 5.30. The molecule has 1 N–H and O–H groups in total. The van der Waals surface area contributed by atoms with Gasteiger partial charge in [0.05, 0.1) is 14.9 Å². The Balaban J connectivity index is 2.42. The summed E-state index contributed by atoms with van der Waals surface area (Å²) < 4.78 is 2.04. The Morgan fingerprint density at radius 1 is 1.15 bits per heavy atom. The molecule has 0 aliphatic heterocycles. The van der Waals surface area contributed by atoms with Gasteiger partial charge in [0.2, 0.25) is 0 Å². The van der Waals surface area contributed by atoms with Crippen LogP contribution < -0.4 is 11.2 Å². The highest BCUT2D eigenvalue weighted by molar-refractivity contribution is 9.11. The Hall–Kier alpha value is -1.66. The first-order valence-electron chi connectivity index (χ1n) is 6.00. The normalized spacial score (nSPS) is 11.2. The molecule has 0 saturated carbocycles. The van der Waals surface area contributed by atoms with Gasteiger partial charge in [-0.25, -0.2) is 9.36 Å². The molecular formula is C14H11BrN2O2S. The van der Waals surface area contributed by atoms with Crippen molar-refractivity contribution in [2.24, 2.45) is 0 Å². The first kappa shape index (κ1) is 13.3. The predicted octanol–water partition coefficient (Wildman–Crippen LogP) is 3.12. The largest absolute Gasteiger partial charge is 0.334 e. The number of halogens is 1. The second-order valence-corrected chi connectivity index (χ2v) is 6.95. The summed E-state index contributed by atoms with van der Waals surface area (Å²) in [4.78, 5) is 28.1. The highest BCUT2D eigenvalue weighted by Gasteiger charge is 2.15. The van der Waals surface area contributed by atoms with E-state index in [1.807, 2.05) is 26.0 Å². The average molecular weight is 351 g/mol. The summed E-state index contributed by atoms with van der Waals surface area (Å²) in [7, 11) is 0. The van der Waals surface area contributed by atoms with Gasteiger partial charge in [-0.2, -0.15) is 0 Å². The summed E-state index contributed by atoms with van der Waals surface area (Å²) in [5.74, 6) is 0. The summed E-state index contributed by atoms with van der Waals surface area (Å²) in [6.07, 6.45) is 0. The van der Waals surface area contributed by atoms with E-state index in [9.17, 15) is 9.59 Å². The van der Waals surface area contributed by atoms with E-state index in [0.29, 0.717) is 15.9 Å². The number of nitrogens with zero attached hydrogens (tertiary/aromatic N) is 1. The van der Waals surface area contributed by atoms with Crippen LogP contribution in [0.25, 0.3) is 15.9 Å². The minimum absolute atomic E-state index is 0.285. The van der Waals surface area contributed by atoms with Crippen molar-refractivity contribution >= 4 is 37.5 Å². The number of aromatic amines is 1. The average Bonchev–Trinajstić information content (AvgIpc) is 2.67. The van der Waals surface area contributed by atoms with Gasteiger partial charge in [0, 0.05) is 0 Å². The number of nitrogens with one attached hydrogen (secondary N) is 1. The molecule has 6 heteroatoms. The summed E-state index contributed by atoms with van der Waals surface area (Å²) in [6, 6.07) is 7.30. The number of aryl methyl sites for hydroxylation is 2. The minimum Gasteiger partial charge on any atom is -0.298 e. The van der Waals surface area contributed by atoms with Crippen LogP contribution in [-0.2, 0) is 0 Å². The molecule has 2 aromatic heterocycles. The van der Waals surface area contributed by atoms with Crippen LogP contribution >= 0.6 is 27.3 Å². The molecule has 0 fully saturated rings. The quantitative estimate of drug-likeness (QED) is 0.732. The topological polar surface area (TPSA) is 54.9 Å². The Morgan fingerprint density at radius 3 is 2.45 bits per heavy atom. The fourth-order valence-electron chi connectivity index (χ4n) is 2.12. The Bertz CT molecular complexity index is 919. The zero-order valence-electron chi connectivity index (χ0n) is 10.9. The fraction of sp³-hybridized carbons (Fsp3) is 0.143. The maximum Gasteiger partial charge on any atom is 0.334 e. The van der Waals surface area contributed by atoms with Gasteiger partial charge >= 0.3 is 5.69 Å². The van der Waals surface area contributed by atoms with Gasteiger partial charge in [-0.3, -0.25) is 9.78 Å². The smallest absolute Gasteiger partial charge is 0.298 e. The molecule has 0 unspecified atom stereocenters. The molecule has 0 bridgehead atoms. The molecule has 1 aromatic carbocycles. The van der Waals surface area contributed by atoms with Gasteiger partial charge in [-0.1, -0.05) is 17.7 Å². The first-order chi connectivity index (χ1) is 9.49. The van der Waals surface area contributed by atoms with E-state index in [1.54, 1.807) is 12.1 Å². The van der Waals surface area contributed by atoms with Crippen molar-refractivity contribution < 1.29 is 0 Å². The van der Waals surface area contributed by atoms with E-state index in [-0.39, 0.29) is 5.56 Å². The number of rotatable bonds is 1. The lowest BCUT2D eigenvalue weighted by atomic mass is 10.2.